The summed E-state index contributed by atoms with van der Waals surface area (Å²) in [5.41, 5.74) is 2.63. The number of ether oxygens (including phenoxy) is 2. The minimum absolute atomic E-state index is 0.0601. The van der Waals surface area contributed by atoms with Crippen molar-refractivity contribution in [3.63, 3.8) is 0 Å². The molecule has 144 valence electrons. The summed E-state index contributed by atoms with van der Waals surface area (Å²) in [4.78, 5) is 16.2. The number of carboxylic acid groups (broad SMARTS) is 1. The van der Waals surface area contributed by atoms with Gasteiger partial charge in [0.2, 0.25) is 0 Å². The van der Waals surface area contributed by atoms with Gasteiger partial charge in [-0.2, -0.15) is 0 Å². The Morgan fingerprint density at radius 1 is 0.793 bits per heavy atom. The number of para-hydroxylation sites is 2. The third kappa shape index (κ3) is 4.35. The Bertz CT molecular complexity index is 1140. The highest BCUT2D eigenvalue weighted by Gasteiger charge is 2.17. The summed E-state index contributed by atoms with van der Waals surface area (Å²) in [6, 6.07) is 26.1. The summed E-state index contributed by atoms with van der Waals surface area (Å²) >= 11 is 0. The van der Waals surface area contributed by atoms with Gasteiger partial charge in [0.05, 0.1) is 11.2 Å². The van der Waals surface area contributed by atoms with Crippen LogP contribution in [-0.4, -0.2) is 16.1 Å². The summed E-state index contributed by atoms with van der Waals surface area (Å²) in [5, 5.41) is 10.6. The lowest BCUT2D eigenvalue weighted by molar-refractivity contribution is 0.0690. The van der Waals surface area contributed by atoms with E-state index in [4.69, 9.17) is 9.47 Å². The Kier molecular flexibility index (Phi) is 5.38. The van der Waals surface area contributed by atoms with E-state index < -0.39 is 5.97 Å². The molecule has 5 heteroatoms. The van der Waals surface area contributed by atoms with E-state index in [0.29, 0.717) is 5.75 Å². The number of benzene rings is 3. The third-order valence-electron chi connectivity index (χ3n) is 4.47. The Morgan fingerprint density at radius 2 is 1.59 bits per heavy atom. The average Bonchev–Trinajstić information content (AvgIpc) is 2.76. The number of aromatic nitrogens is 1. The van der Waals surface area contributed by atoms with Crippen LogP contribution in [0.4, 0.5) is 0 Å². The van der Waals surface area contributed by atoms with Crippen LogP contribution in [0.1, 0.15) is 21.6 Å². The van der Waals surface area contributed by atoms with Crippen molar-refractivity contribution in [2.24, 2.45) is 0 Å². The Hall–Kier alpha value is -3.86. The summed E-state index contributed by atoms with van der Waals surface area (Å²) in [7, 11) is 0. The van der Waals surface area contributed by atoms with Gasteiger partial charge in [-0.3, -0.25) is 0 Å². The number of aromatic carboxylic acids is 1. The molecule has 1 N–H and O–H groups in total. The summed E-state index contributed by atoms with van der Waals surface area (Å²) < 4.78 is 11.7. The van der Waals surface area contributed by atoms with E-state index in [-0.39, 0.29) is 24.5 Å². The second-order valence-electron chi connectivity index (χ2n) is 6.50. The van der Waals surface area contributed by atoms with Crippen LogP contribution in [0.2, 0.25) is 0 Å². The molecule has 0 aliphatic carbocycles. The van der Waals surface area contributed by atoms with Crippen LogP contribution in [0.3, 0.4) is 0 Å². The molecule has 0 unspecified atom stereocenters. The molecule has 0 amide bonds. The fourth-order valence-electron chi connectivity index (χ4n) is 3.02. The molecule has 29 heavy (non-hydrogen) atoms. The molecular formula is C24H19NO4. The van der Waals surface area contributed by atoms with Crippen molar-refractivity contribution in [3.05, 3.63) is 102 Å². The quantitative estimate of drug-likeness (QED) is 0.480. The van der Waals surface area contributed by atoms with Crippen LogP contribution in [-0.2, 0) is 13.2 Å². The molecule has 1 aromatic heterocycles. The van der Waals surface area contributed by atoms with E-state index >= 15 is 0 Å². The van der Waals surface area contributed by atoms with Crippen LogP contribution in [0.15, 0.2) is 84.9 Å². The second kappa shape index (κ2) is 8.44. The first-order valence-corrected chi connectivity index (χ1v) is 9.21. The molecule has 5 nitrogen and oxygen atoms in total. The first-order chi connectivity index (χ1) is 14.2. The van der Waals surface area contributed by atoms with Crippen LogP contribution in [0.5, 0.6) is 11.5 Å². The van der Waals surface area contributed by atoms with Gasteiger partial charge in [-0.15, -0.1) is 0 Å². The lowest BCUT2D eigenvalue weighted by atomic mass is 10.2. The van der Waals surface area contributed by atoms with Gasteiger partial charge in [0.25, 0.3) is 0 Å². The average molecular weight is 385 g/mol. The van der Waals surface area contributed by atoms with E-state index in [0.717, 1.165) is 22.2 Å². The number of rotatable bonds is 7. The SMILES string of the molecule is O=C(O)c1cccc(OCc2ccc3ccccc3n2)c1OCc1ccccc1. The molecule has 0 aliphatic rings. The molecule has 1 heterocycles. The Morgan fingerprint density at radius 3 is 2.41 bits per heavy atom. The van der Waals surface area contributed by atoms with Crippen LogP contribution >= 0.6 is 0 Å². The highest BCUT2D eigenvalue weighted by molar-refractivity contribution is 5.92. The molecule has 4 aromatic rings. The van der Waals surface area contributed by atoms with Crippen LogP contribution in [0.25, 0.3) is 10.9 Å². The third-order valence-corrected chi connectivity index (χ3v) is 4.47. The number of pyridine rings is 1. The normalized spacial score (nSPS) is 10.6. The monoisotopic (exact) mass is 385 g/mol. The van der Waals surface area contributed by atoms with Gasteiger partial charge in [-0.1, -0.05) is 60.7 Å². The molecule has 0 bridgehead atoms. The van der Waals surface area contributed by atoms with Crippen molar-refractivity contribution in [3.8, 4) is 11.5 Å². The van der Waals surface area contributed by atoms with Crippen molar-refractivity contribution in [2.45, 2.75) is 13.2 Å². The van der Waals surface area contributed by atoms with Gasteiger partial charge in [-0.25, -0.2) is 9.78 Å². The van der Waals surface area contributed by atoms with Crippen molar-refractivity contribution in [1.29, 1.82) is 0 Å². The van der Waals surface area contributed by atoms with Gasteiger partial charge < -0.3 is 14.6 Å². The number of nitrogens with zero attached hydrogens (tertiary/aromatic N) is 1. The number of hydrogen-bond acceptors (Lipinski definition) is 4. The smallest absolute Gasteiger partial charge is 0.339 e. The molecule has 0 aliphatic heterocycles. The van der Waals surface area contributed by atoms with Crippen LogP contribution in [0, 0.1) is 0 Å². The molecule has 0 saturated heterocycles. The first kappa shape index (κ1) is 18.5. The zero-order valence-electron chi connectivity index (χ0n) is 15.6. The fraction of sp³-hybridized carbons (Fsp3) is 0.0833. The lowest BCUT2D eigenvalue weighted by Crippen LogP contribution is -2.07. The Labute approximate surface area is 168 Å². The molecule has 0 fully saturated rings. The highest BCUT2D eigenvalue weighted by atomic mass is 16.5. The maximum atomic E-state index is 11.7. The van der Waals surface area contributed by atoms with E-state index in [1.54, 1.807) is 12.1 Å². The van der Waals surface area contributed by atoms with E-state index in [2.05, 4.69) is 4.98 Å². The van der Waals surface area contributed by atoms with Crippen molar-refractivity contribution in [1.82, 2.24) is 4.98 Å². The van der Waals surface area contributed by atoms with Gasteiger partial charge in [-0.05, 0) is 29.8 Å². The molecule has 3 aromatic carbocycles. The maximum Gasteiger partial charge on any atom is 0.339 e. The van der Waals surface area contributed by atoms with Crippen LogP contribution < -0.4 is 9.47 Å². The summed E-state index contributed by atoms with van der Waals surface area (Å²) in [6.45, 7) is 0.450. The maximum absolute atomic E-state index is 11.7. The second-order valence-corrected chi connectivity index (χ2v) is 6.50. The van der Waals surface area contributed by atoms with Gasteiger partial charge in [0.15, 0.2) is 11.5 Å². The largest absolute Gasteiger partial charge is 0.484 e. The standard InChI is InChI=1S/C24H19NO4/c26-24(27)20-10-6-12-22(23(20)29-15-17-7-2-1-3-8-17)28-16-19-14-13-18-9-4-5-11-21(18)25-19/h1-14H,15-16H2,(H,26,27). The zero-order valence-corrected chi connectivity index (χ0v) is 15.6. The topological polar surface area (TPSA) is 68.7 Å². The predicted octanol–water partition coefficient (Wildman–Crippen LogP) is 5.09. The van der Waals surface area contributed by atoms with E-state index in [9.17, 15) is 9.90 Å². The molecule has 0 spiro atoms. The highest BCUT2D eigenvalue weighted by Crippen LogP contribution is 2.33. The number of carbonyl (C=O) groups is 1. The van der Waals surface area contributed by atoms with Gasteiger partial charge in [0.1, 0.15) is 18.8 Å². The lowest BCUT2D eigenvalue weighted by Gasteiger charge is -2.15. The van der Waals surface area contributed by atoms with E-state index in [1.807, 2.05) is 66.7 Å². The fourth-order valence-corrected chi connectivity index (χ4v) is 3.02. The number of hydrogen-bond donors (Lipinski definition) is 1. The molecular weight excluding hydrogens is 366 g/mol. The summed E-state index contributed by atoms with van der Waals surface area (Å²) in [6.07, 6.45) is 0. The predicted molar refractivity (Wildman–Crippen MR) is 110 cm³/mol. The van der Waals surface area contributed by atoms with E-state index in [1.165, 1.54) is 6.07 Å². The van der Waals surface area contributed by atoms with Gasteiger partial charge >= 0.3 is 5.97 Å². The Balaban J connectivity index is 1.56. The van der Waals surface area contributed by atoms with Gasteiger partial charge in [0, 0.05) is 5.39 Å². The number of fused-ring (bicyclic) bond motifs is 1. The first-order valence-electron chi connectivity index (χ1n) is 9.21. The molecule has 0 atom stereocenters. The minimum atomic E-state index is -1.07. The zero-order chi connectivity index (χ0) is 20.1. The van der Waals surface area contributed by atoms with Crippen molar-refractivity contribution < 1.29 is 19.4 Å². The van der Waals surface area contributed by atoms with Crippen molar-refractivity contribution in [2.75, 3.05) is 0 Å². The molecule has 0 radical (unpaired) electrons. The molecule has 4 rings (SSSR count). The van der Waals surface area contributed by atoms with Crippen molar-refractivity contribution >= 4 is 16.9 Å². The minimum Gasteiger partial charge on any atom is -0.484 e. The summed E-state index contributed by atoms with van der Waals surface area (Å²) in [5.74, 6) is -0.484. The molecule has 0 saturated carbocycles. The number of carboxylic acids is 1.